The molecule has 0 aliphatic rings. The van der Waals surface area contributed by atoms with Crippen LogP contribution in [0.3, 0.4) is 0 Å². The minimum absolute atomic E-state index is 0.0753. The van der Waals surface area contributed by atoms with Crippen molar-refractivity contribution in [2.45, 2.75) is 26.1 Å². The number of hydrogen-bond donors (Lipinski definition) is 1. The highest BCUT2D eigenvalue weighted by Gasteiger charge is 2.33. The molecule has 2 aromatic carbocycles. The molecule has 0 radical (unpaired) electrons. The smallest absolute Gasteiger partial charge is 0.338 e. The number of urea groups is 1. The van der Waals surface area contributed by atoms with Gasteiger partial charge in [0, 0.05) is 20.1 Å². The molecule has 2 aromatic rings. The zero-order valence-electron chi connectivity index (χ0n) is 14.2. The molecule has 6 heteroatoms. The standard InChI is InChI=1S/C19H21F3N2O/c1-14-6-5-7-15(12-14)10-11-23-18(25)24(2)13-16-8-3-4-9-17(16)19(20,21)22/h3-9,12H,10-11,13H2,1-2H3,(H,23,25). The summed E-state index contributed by atoms with van der Waals surface area (Å²) < 4.78 is 39.0. The number of benzene rings is 2. The fourth-order valence-corrected chi connectivity index (χ4v) is 2.58. The Bertz CT molecular complexity index is 729. The lowest BCUT2D eigenvalue weighted by Crippen LogP contribution is -2.38. The summed E-state index contributed by atoms with van der Waals surface area (Å²) in [5, 5.41) is 2.73. The summed E-state index contributed by atoms with van der Waals surface area (Å²) in [7, 11) is 1.48. The summed E-state index contributed by atoms with van der Waals surface area (Å²) in [5.74, 6) is 0. The van der Waals surface area contributed by atoms with E-state index in [4.69, 9.17) is 0 Å². The van der Waals surface area contributed by atoms with E-state index < -0.39 is 17.8 Å². The third kappa shape index (κ3) is 5.52. The minimum Gasteiger partial charge on any atom is -0.338 e. The van der Waals surface area contributed by atoms with Crippen molar-refractivity contribution in [3.63, 3.8) is 0 Å². The van der Waals surface area contributed by atoms with Gasteiger partial charge < -0.3 is 10.2 Å². The molecular formula is C19H21F3N2O. The van der Waals surface area contributed by atoms with Crippen molar-refractivity contribution in [2.24, 2.45) is 0 Å². The molecule has 0 atom stereocenters. The normalized spacial score (nSPS) is 11.2. The van der Waals surface area contributed by atoms with Crippen molar-refractivity contribution in [2.75, 3.05) is 13.6 Å². The van der Waals surface area contributed by atoms with E-state index in [-0.39, 0.29) is 12.1 Å². The summed E-state index contributed by atoms with van der Waals surface area (Å²) >= 11 is 0. The average Bonchev–Trinajstić information content (AvgIpc) is 2.54. The van der Waals surface area contributed by atoms with E-state index >= 15 is 0 Å². The third-order valence-electron chi connectivity index (χ3n) is 3.85. The third-order valence-corrected chi connectivity index (χ3v) is 3.85. The SMILES string of the molecule is Cc1cccc(CCNC(=O)N(C)Cc2ccccc2C(F)(F)F)c1. The number of hydrogen-bond acceptors (Lipinski definition) is 1. The van der Waals surface area contributed by atoms with Crippen LogP contribution in [-0.4, -0.2) is 24.5 Å². The lowest BCUT2D eigenvalue weighted by Gasteiger charge is -2.20. The molecule has 134 valence electrons. The van der Waals surface area contributed by atoms with Crippen LogP contribution < -0.4 is 5.32 Å². The Labute approximate surface area is 145 Å². The van der Waals surface area contributed by atoms with Crippen molar-refractivity contribution >= 4 is 6.03 Å². The molecule has 0 saturated carbocycles. The van der Waals surface area contributed by atoms with Crippen LogP contribution in [0.15, 0.2) is 48.5 Å². The molecule has 0 bridgehead atoms. The topological polar surface area (TPSA) is 32.3 Å². The first-order valence-corrected chi connectivity index (χ1v) is 7.97. The van der Waals surface area contributed by atoms with Gasteiger partial charge in [0.05, 0.1) is 5.56 Å². The zero-order chi connectivity index (χ0) is 18.4. The number of aryl methyl sites for hydroxylation is 1. The van der Waals surface area contributed by atoms with Crippen molar-refractivity contribution in [1.82, 2.24) is 10.2 Å². The summed E-state index contributed by atoms with van der Waals surface area (Å²) in [4.78, 5) is 13.3. The van der Waals surface area contributed by atoms with Crippen LogP contribution in [0.4, 0.5) is 18.0 Å². The number of rotatable bonds is 5. The van der Waals surface area contributed by atoms with Gasteiger partial charge in [0.25, 0.3) is 0 Å². The number of amides is 2. The first-order valence-electron chi connectivity index (χ1n) is 7.97. The number of carbonyl (C=O) groups is 1. The minimum atomic E-state index is -4.43. The van der Waals surface area contributed by atoms with E-state index in [9.17, 15) is 18.0 Å². The van der Waals surface area contributed by atoms with Gasteiger partial charge in [0.2, 0.25) is 0 Å². The highest BCUT2D eigenvalue weighted by molar-refractivity contribution is 5.73. The Morgan fingerprint density at radius 2 is 1.84 bits per heavy atom. The predicted octanol–water partition coefficient (Wildman–Crippen LogP) is 4.40. The van der Waals surface area contributed by atoms with Gasteiger partial charge in [-0.1, -0.05) is 48.0 Å². The van der Waals surface area contributed by atoms with Crippen LogP contribution in [0.1, 0.15) is 22.3 Å². The van der Waals surface area contributed by atoms with Gasteiger partial charge in [-0.25, -0.2) is 4.79 Å². The molecule has 0 unspecified atom stereocenters. The van der Waals surface area contributed by atoms with Crippen LogP contribution in [0, 0.1) is 6.92 Å². The van der Waals surface area contributed by atoms with Crippen LogP contribution in [0.25, 0.3) is 0 Å². The number of alkyl halides is 3. The van der Waals surface area contributed by atoms with Crippen molar-refractivity contribution in [3.8, 4) is 0 Å². The van der Waals surface area contributed by atoms with Crippen LogP contribution in [-0.2, 0) is 19.1 Å². The Balaban J connectivity index is 1.91. The van der Waals surface area contributed by atoms with E-state index in [1.165, 1.54) is 30.1 Å². The highest BCUT2D eigenvalue weighted by Crippen LogP contribution is 2.32. The fraction of sp³-hybridized carbons (Fsp3) is 0.316. The second kappa shape index (κ2) is 8.05. The van der Waals surface area contributed by atoms with E-state index in [2.05, 4.69) is 5.32 Å². The van der Waals surface area contributed by atoms with Gasteiger partial charge in [0.15, 0.2) is 0 Å². The summed E-state index contributed by atoms with van der Waals surface area (Å²) in [6.45, 7) is 2.31. The maximum atomic E-state index is 13.0. The van der Waals surface area contributed by atoms with Crippen LogP contribution in [0.5, 0.6) is 0 Å². The van der Waals surface area contributed by atoms with Gasteiger partial charge in [-0.2, -0.15) is 13.2 Å². The number of nitrogens with one attached hydrogen (secondary N) is 1. The lowest BCUT2D eigenvalue weighted by atomic mass is 10.1. The lowest BCUT2D eigenvalue weighted by molar-refractivity contribution is -0.138. The predicted molar refractivity (Wildman–Crippen MR) is 91.2 cm³/mol. The zero-order valence-corrected chi connectivity index (χ0v) is 14.2. The van der Waals surface area contributed by atoms with E-state index in [0.29, 0.717) is 13.0 Å². The van der Waals surface area contributed by atoms with Gasteiger partial charge >= 0.3 is 12.2 Å². The molecule has 2 rings (SSSR count). The van der Waals surface area contributed by atoms with E-state index in [0.717, 1.165) is 17.2 Å². The fourth-order valence-electron chi connectivity index (χ4n) is 2.58. The van der Waals surface area contributed by atoms with E-state index in [1.807, 2.05) is 31.2 Å². The molecule has 0 saturated heterocycles. The average molecular weight is 350 g/mol. The quantitative estimate of drug-likeness (QED) is 0.852. The molecule has 0 aliphatic carbocycles. The largest absolute Gasteiger partial charge is 0.416 e. The maximum absolute atomic E-state index is 13.0. The number of halogens is 3. The molecule has 0 fully saturated rings. The molecule has 25 heavy (non-hydrogen) atoms. The Morgan fingerprint density at radius 1 is 1.12 bits per heavy atom. The Morgan fingerprint density at radius 3 is 2.52 bits per heavy atom. The molecule has 3 nitrogen and oxygen atoms in total. The first-order chi connectivity index (χ1) is 11.8. The number of nitrogens with zero attached hydrogens (tertiary/aromatic N) is 1. The maximum Gasteiger partial charge on any atom is 0.416 e. The molecule has 0 heterocycles. The Hall–Kier alpha value is -2.50. The summed E-state index contributed by atoms with van der Waals surface area (Å²) in [5.41, 5.74) is 1.61. The van der Waals surface area contributed by atoms with Gasteiger partial charge in [-0.15, -0.1) is 0 Å². The molecule has 1 N–H and O–H groups in total. The van der Waals surface area contributed by atoms with Crippen molar-refractivity contribution < 1.29 is 18.0 Å². The molecule has 2 amide bonds. The molecule has 0 spiro atoms. The second-order valence-electron chi connectivity index (χ2n) is 5.98. The van der Waals surface area contributed by atoms with Crippen molar-refractivity contribution in [3.05, 3.63) is 70.8 Å². The second-order valence-corrected chi connectivity index (χ2v) is 5.98. The van der Waals surface area contributed by atoms with Gasteiger partial charge in [0.1, 0.15) is 0 Å². The Kier molecular flexibility index (Phi) is 6.07. The van der Waals surface area contributed by atoms with Gasteiger partial charge in [-0.3, -0.25) is 0 Å². The van der Waals surface area contributed by atoms with Crippen molar-refractivity contribution in [1.29, 1.82) is 0 Å². The highest BCUT2D eigenvalue weighted by atomic mass is 19.4. The monoisotopic (exact) mass is 350 g/mol. The van der Waals surface area contributed by atoms with E-state index in [1.54, 1.807) is 0 Å². The molecule has 0 aromatic heterocycles. The molecular weight excluding hydrogens is 329 g/mol. The van der Waals surface area contributed by atoms with Crippen LogP contribution >= 0.6 is 0 Å². The number of carbonyl (C=O) groups excluding carboxylic acids is 1. The molecule has 0 aliphatic heterocycles. The summed E-state index contributed by atoms with van der Waals surface area (Å²) in [6.07, 6.45) is -3.76. The summed E-state index contributed by atoms with van der Waals surface area (Å²) in [6, 6.07) is 12.9. The van der Waals surface area contributed by atoms with Gasteiger partial charge in [-0.05, 0) is 30.5 Å². The first kappa shape index (κ1) is 18.8. The van der Waals surface area contributed by atoms with Crippen LogP contribution in [0.2, 0.25) is 0 Å².